The number of hydrogen-bond acceptors (Lipinski definition) is 3. The molecule has 1 aromatic heterocycles. The number of nitrogens with zero attached hydrogens (tertiary/aromatic N) is 2. The van der Waals surface area contributed by atoms with Gasteiger partial charge >= 0.3 is 5.11 Å². The fourth-order valence-electron chi connectivity index (χ4n) is 0.865. The van der Waals surface area contributed by atoms with Crippen LogP contribution in [0.3, 0.4) is 0 Å². The molecule has 1 heterocycles. The minimum Gasteiger partial charge on any atom is -0.275 e. The first kappa shape index (κ1) is 9.60. The molecular formula is C8H11N4S+. The average molecular weight is 195 g/mol. The van der Waals surface area contributed by atoms with Gasteiger partial charge in [-0.25, -0.2) is 0 Å². The first-order chi connectivity index (χ1) is 6.13. The molecule has 0 saturated heterocycles. The van der Waals surface area contributed by atoms with E-state index in [1.54, 1.807) is 6.20 Å². The van der Waals surface area contributed by atoms with E-state index in [4.69, 9.17) is 23.8 Å². The smallest absolute Gasteiger partial charge is 0.275 e. The second-order valence-electron chi connectivity index (χ2n) is 2.51. The van der Waals surface area contributed by atoms with Crippen molar-refractivity contribution >= 4 is 23.0 Å². The van der Waals surface area contributed by atoms with Crippen molar-refractivity contribution in [2.45, 2.75) is 6.92 Å². The first-order valence-corrected chi connectivity index (χ1v) is 4.13. The second kappa shape index (κ2) is 3.95. The van der Waals surface area contributed by atoms with Gasteiger partial charge in [0.1, 0.15) is 5.69 Å². The summed E-state index contributed by atoms with van der Waals surface area (Å²) in [7, 11) is 0. The summed E-state index contributed by atoms with van der Waals surface area (Å²) in [6.45, 7) is 1.81. The Kier molecular flexibility index (Phi) is 2.92. The molecule has 1 rings (SSSR count). The number of hydrogen-bond donors (Lipinski definition) is 2. The molecule has 0 aliphatic heterocycles. The number of pyridine rings is 1. The molecule has 0 aromatic carbocycles. The summed E-state index contributed by atoms with van der Waals surface area (Å²) in [6.07, 6.45) is 1.69. The number of nitrogens with two attached hydrogens (primary N) is 2. The third-order valence-corrected chi connectivity index (χ3v) is 1.83. The van der Waals surface area contributed by atoms with Crippen LogP contribution in [-0.4, -0.2) is 20.5 Å². The molecule has 4 N–H and O–H groups in total. The van der Waals surface area contributed by atoms with Crippen molar-refractivity contribution in [2.24, 2.45) is 11.6 Å². The molecule has 0 aliphatic carbocycles. The van der Waals surface area contributed by atoms with Crippen LogP contribution in [0.15, 0.2) is 24.4 Å². The van der Waals surface area contributed by atoms with Crippen molar-refractivity contribution in [1.82, 2.24) is 4.98 Å². The summed E-state index contributed by atoms with van der Waals surface area (Å²) >= 11 is 4.72. The Balaban J connectivity index is 3.11. The monoisotopic (exact) mass is 195 g/mol. The van der Waals surface area contributed by atoms with Crippen molar-refractivity contribution in [3.05, 3.63) is 30.1 Å². The van der Waals surface area contributed by atoms with E-state index in [-0.39, 0.29) is 5.11 Å². The molecule has 5 heteroatoms. The Morgan fingerprint density at radius 2 is 2.23 bits per heavy atom. The number of thiocarbonyl (C=S) groups is 1. The highest BCUT2D eigenvalue weighted by Gasteiger charge is 2.08. The SMILES string of the molecule is C/C(c1ccccn1)=[N+](\N)C(N)=S. The molecule has 0 unspecified atom stereocenters. The van der Waals surface area contributed by atoms with Gasteiger partial charge in [-0.15, -0.1) is 4.68 Å². The Bertz CT molecular complexity index is 344. The Hall–Kier alpha value is -1.49. The molecule has 0 aliphatic rings. The molecule has 1 aromatic rings. The van der Waals surface area contributed by atoms with Crippen molar-refractivity contribution in [2.75, 3.05) is 0 Å². The fraction of sp³-hybridized carbons (Fsp3) is 0.125. The zero-order chi connectivity index (χ0) is 9.84. The van der Waals surface area contributed by atoms with Crippen molar-refractivity contribution in [3.8, 4) is 0 Å². The van der Waals surface area contributed by atoms with E-state index in [1.165, 1.54) is 4.68 Å². The molecule has 0 amide bonds. The van der Waals surface area contributed by atoms with Gasteiger partial charge in [0, 0.05) is 25.3 Å². The fourth-order valence-corrected chi connectivity index (χ4v) is 1.00. The average Bonchev–Trinajstić information content (AvgIpc) is 2.17. The molecule has 68 valence electrons. The first-order valence-electron chi connectivity index (χ1n) is 3.72. The second-order valence-corrected chi connectivity index (χ2v) is 2.93. The standard InChI is InChI=1S/C8H10N4S/c1-6(12(10)8(9)13)7-4-2-3-5-11-7/h2-5H,1H3,(H3-,9,10,11,13)/p+1. The quantitative estimate of drug-likeness (QED) is 0.218. The lowest BCUT2D eigenvalue weighted by atomic mass is 10.2. The van der Waals surface area contributed by atoms with Crippen LogP contribution in [-0.2, 0) is 0 Å². The largest absolute Gasteiger partial charge is 0.365 e. The summed E-state index contributed by atoms with van der Waals surface area (Å²) in [5.41, 5.74) is 6.85. The highest BCUT2D eigenvalue weighted by molar-refractivity contribution is 7.79. The molecule has 0 spiro atoms. The predicted molar refractivity (Wildman–Crippen MR) is 55.3 cm³/mol. The molecule has 0 fully saturated rings. The highest BCUT2D eigenvalue weighted by atomic mass is 32.1. The highest BCUT2D eigenvalue weighted by Crippen LogP contribution is 1.94. The lowest BCUT2D eigenvalue weighted by molar-refractivity contribution is -0.417. The molecular weight excluding hydrogens is 184 g/mol. The van der Waals surface area contributed by atoms with Gasteiger partial charge in [-0.05, 0) is 12.1 Å². The van der Waals surface area contributed by atoms with Crippen molar-refractivity contribution in [3.63, 3.8) is 0 Å². The summed E-state index contributed by atoms with van der Waals surface area (Å²) in [6, 6.07) is 5.55. The number of aromatic nitrogens is 1. The molecule has 0 radical (unpaired) electrons. The van der Waals surface area contributed by atoms with Crippen molar-refractivity contribution in [1.29, 1.82) is 0 Å². The molecule has 4 nitrogen and oxygen atoms in total. The van der Waals surface area contributed by atoms with E-state index in [1.807, 2.05) is 25.1 Å². The van der Waals surface area contributed by atoms with E-state index in [9.17, 15) is 0 Å². The normalized spacial score (nSPS) is 12.1. The Morgan fingerprint density at radius 1 is 1.54 bits per heavy atom. The van der Waals surface area contributed by atoms with Crippen LogP contribution in [0.1, 0.15) is 12.6 Å². The van der Waals surface area contributed by atoms with Crippen molar-refractivity contribution < 1.29 is 4.68 Å². The third-order valence-electron chi connectivity index (χ3n) is 1.63. The van der Waals surface area contributed by atoms with E-state index in [0.717, 1.165) is 11.4 Å². The van der Waals surface area contributed by atoms with Gasteiger partial charge in [-0.3, -0.25) is 16.6 Å². The van der Waals surface area contributed by atoms with Crippen LogP contribution in [0, 0.1) is 0 Å². The van der Waals surface area contributed by atoms with Gasteiger partial charge in [-0.1, -0.05) is 6.07 Å². The van der Waals surface area contributed by atoms with Gasteiger partial charge in [-0.2, -0.15) is 0 Å². The van der Waals surface area contributed by atoms with Crippen LogP contribution in [0.2, 0.25) is 0 Å². The van der Waals surface area contributed by atoms with Crippen LogP contribution < -0.4 is 11.6 Å². The van der Waals surface area contributed by atoms with Gasteiger partial charge in [0.25, 0.3) is 0 Å². The zero-order valence-corrected chi connectivity index (χ0v) is 8.08. The van der Waals surface area contributed by atoms with E-state index in [0.29, 0.717) is 0 Å². The zero-order valence-electron chi connectivity index (χ0n) is 7.27. The molecule has 0 saturated carbocycles. The van der Waals surface area contributed by atoms with Gasteiger partial charge in [0.15, 0.2) is 5.71 Å². The van der Waals surface area contributed by atoms with Crippen LogP contribution in [0.5, 0.6) is 0 Å². The minimum absolute atomic E-state index is 0.128. The molecule has 0 atom stereocenters. The summed E-state index contributed by atoms with van der Waals surface area (Å²) in [4.78, 5) is 4.11. The predicted octanol–water partition coefficient (Wildman–Crippen LogP) is 0.0204. The van der Waals surface area contributed by atoms with E-state index < -0.39 is 0 Å². The number of hydrazine groups is 1. The maximum Gasteiger partial charge on any atom is 0.365 e. The number of hydrazone groups is 1. The van der Waals surface area contributed by atoms with Gasteiger partial charge in [0.05, 0.1) is 0 Å². The molecule has 0 bridgehead atoms. The number of rotatable bonds is 1. The topological polar surface area (TPSA) is 67.9 Å². The van der Waals surface area contributed by atoms with Crippen LogP contribution in [0.25, 0.3) is 0 Å². The van der Waals surface area contributed by atoms with Crippen LogP contribution >= 0.6 is 12.2 Å². The lowest BCUT2D eigenvalue weighted by Crippen LogP contribution is -2.37. The van der Waals surface area contributed by atoms with Gasteiger partial charge in [0.2, 0.25) is 0 Å². The van der Waals surface area contributed by atoms with E-state index >= 15 is 0 Å². The van der Waals surface area contributed by atoms with Crippen LogP contribution in [0.4, 0.5) is 0 Å². The maximum absolute atomic E-state index is 5.58. The third kappa shape index (κ3) is 2.22. The molecule has 13 heavy (non-hydrogen) atoms. The Labute approximate surface area is 81.9 Å². The summed E-state index contributed by atoms with van der Waals surface area (Å²) in [5, 5.41) is 0.128. The summed E-state index contributed by atoms with van der Waals surface area (Å²) < 4.78 is 1.23. The van der Waals surface area contributed by atoms with Gasteiger partial charge < -0.3 is 0 Å². The maximum atomic E-state index is 5.58. The Morgan fingerprint density at radius 3 is 2.69 bits per heavy atom. The van der Waals surface area contributed by atoms with E-state index in [2.05, 4.69) is 4.98 Å². The lowest BCUT2D eigenvalue weighted by Gasteiger charge is -2.00. The summed E-state index contributed by atoms with van der Waals surface area (Å²) in [5.74, 6) is 5.58. The minimum atomic E-state index is 0.128.